The second-order valence-electron chi connectivity index (χ2n) is 2.15. The van der Waals surface area contributed by atoms with Crippen LogP contribution < -0.4 is 11.1 Å². The molecular weight excluding hydrogens is 197 g/mol. The first-order chi connectivity index (χ1) is 4.81. The highest BCUT2D eigenvalue weighted by molar-refractivity contribution is 5.85. The first-order valence-corrected chi connectivity index (χ1v) is 2.93. The van der Waals surface area contributed by atoms with Crippen LogP contribution in [0.2, 0.25) is 0 Å². The van der Waals surface area contributed by atoms with E-state index in [1.165, 1.54) is 6.92 Å². The van der Waals surface area contributed by atoms with Crippen molar-refractivity contribution >= 4 is 18.3 Å². The van der Waals surface area contributed by atoms with E-state index in [0.717, 1.165) is 0 Å². The van der Waals surface area contributed by atoms with E-state index in [0.29, 0.717) is 0 Å². The molecule has 0 saturated heterocycles. The number of rotatable bonds is 2. The molecule has 0 spiro atoms. The molecule has 3 nitrogen and oxygen atoms in total. The van der Waals surface area contributed by atoms with E-state index in [2.05, 4.69) is 0 Å². The summed E-state index contributed by atoms with van der Waals surface area (Å²) in [7, 11) is 0. The molecule has 74 valence electrons. The summed E-state index contributed by atoms with van der Waals surface area (Å²) >= 11 is 0. The first-order valence-electron chi connectivity index (χ1n) is 2.93. The molecule has 1 atom stereocenters. The van der Waals surface area contributed by atoms with E-state index in [1.54, 1.807) is 0 Å². The molecule has 0 radical (unpaired) electrons. The zero-order valence-corrected chi connectivity index (χ0v) is 7.13. The Morgan fingerprint density at radius 3 is 2.25 bits per heavy atom. The fourth-order valence-electron chi connectivity index (χ4n) is 0.487. The monoisotopic (exact) mass is 206 g/mol. The molecular formula is C5H10ClF3N2O. The quantitative estimate of drug-likeness (QED) is 0.656. The van der Waals surface area contributed by atoms with Gasteiger partial charge in [-0.3, -0.25) is 4.79 Å². The maximum absolute atomic E-state index is 11.5. The molecule has 1 amide bonds. The van der Waals surface area contributed by atoms with Crippen LogP contribution in [0.3, 0.4) is 0 Å². The smallest absolute Gasteiger partial charge is 0.341 e. The van der Waals surface area contributed by atoms with Crippen LogP contribution in [0.25, 0.3) is 0 Å². The minimum absolute atomic E-state index is 0. The van der Waals surface area contributed by atoms with E-state index in [1.807, 2.05) is 5.32 Å². The topological polar surface area (TPSA) is 55.1 Å². The van der Waals surface area contributed by atoms with Gasteiger partial charge in [0.15, 0.2) is 0 Å². The molecule has 0 rings (SSSR count). The predicted octanol–water partition coefficient (Wildman–Crippen LogP) is 0.781. The van der Waals surface area contributed by atoms with Crippen molar-refractivity contribution in [3.05, 3.63) is 0 Å². The third-order valence-electron chi connectivity index (χ3n) is 0.750. The van der Waals surface area contributed by atoms with Crippen LogP contribution in [0.5, 0.6) is 0 Å². The van der Waals surface area contributed by atoms with E-state index >= 15 is 0 Å². The van der Waals surface area contributed by atoms with E-state index < -0.39 is 24.7 Å². The molecule has 0 unspecified atom stereocenters. The van der Waals surface area contributed by atoms with Crippen molar-refractivity contribution in [1.82, 2.24) is 5.32 Å². The lowest BCUT2D eigenvalue weighted by Crippen LogP contribution is -2.40. The summed E-state index contributed by atoms with van der Waals surface area (Å²) in [6.45, 7) is 1.38. The van der Waals surface area contributed by atoms with Gasteiger partial charge >= 0.3 is 6.18 Å². The van der Waals surface area contributed by atoms with Gasteiger partial charge in [-0.2, -0.15) is 13.2 Å². The highest BCUT2D eigenvalue weighted by atomic mass is 35.5. The lowest BCUT2D eigenvalue weighted by atomic mass is 10.4. The zero-order valence-electron chi connectivity index (χ0n) is 6.31. The van der Waals surface area contributed by atoms with Gasteiger partial charge in [-0.25, -0.2) is 0 Å². The Morgan fingerprint density at radius 1 is 1.58 bits per heavy atom. The van der Waals surface area contributed by atoms with E-state index in [9.17, 15) is 18.0 Å². The van der Waals surface area contributed by atoms with Crippen molar-refractivity contribution in [2.75, 3.05) is 0 Å². The van der Waals surface area contributed by atoms with Crippen LogP contribution >= 0.6 is 12.4 Å². The summed E-state index contributed by atoms with van der Waals surface area (Å²) in [6.07, 6.45) is -6.68. The van der Waals surface area contributed by atoms with Crippen LogP contribution in [0.4, 0.5) is 13.2 Å². The molecule has 7 heteroatoms. The third kappa shape index (κ3) is 9.51. The number of nitrogens with two attached hydrogens (primary N) is 1. The lowest BCUT2D eigenvalue weighted by Gasteiger charge is -2.09. The SMILES string of the molecule is C[C@@H](N)NC(=O)CC(F)(F)F.Cl. The fraction of sp³-hybridized carbons (Fsp3) is 0.800. The zero-order chi connectivity index (χ0) is 9.07. The van der Waals surface area contributed by atoms with Crippen molar-refractivity contribution in [2.24, 2.45) is 5.73 Å². The normalized spacial score (nSPS) is 13.1. The minimum atomic E-state index is -4.46. The minimum Gasteiger partial charge on any atom is -0.341 e. The summed E-state index contributed by atoms with van der Waals surface area (Å²) in [4.78, 5) is 10.4. The summed E-state index contributed by atoms with van der Waals surface area (Å²) in [5.41, 5.74) is 5.01. The van der Waals surface area contributed by atoms with E-state index in [-0.39, 0.29) is 12.4 Å². The van der Waals surface area contributed by atoms with Gasteiger partial charge in [0.2, 0.25) is 5.91 Å². The van der Waals surface area contributed by atoms with Crippen molar-refractivity contribution in [1.29, 1.82) is 0 Å². The number of hydrogen-bond donors (Lipinski definition) is 2. The van der Waals surface area contributed by atoms with Crippen LogP contribution in [-0.2, 0) is 4.79 Å². The lowest BCUT2D eigenvalue weighted by molar-refractivity contribution is -0.154. The van der Waals surface area contributed by atoms with Gasteiger partial charge in [0.1, 0.15) is 6.42 Å². The van der Waals surface area contributed by atoms with Crippen LogP contribution in [0, 0.1) is 0 Å². The summed E-state index contributed by atoms with van der Waals surface area (Å²) < 4.78 is 34.4. The Hall–Kier alpha value is -0.490. The maximum Gasteiger partial charge on any atom is 0.397 e. The number of alkyl halides is 3. The van der Waals surface area contributed by atoms with Crippen molar-refractivity contribution in [3.63, 3.8) is 0 Å². The molecule has 0 heterocycles. The molecule has 0 aliphatic heterocycles. The number of amides is 1. The average Bonchev–Trinajstić information content (AvgIpc) is 1.53. The molecule has 0 aliphatic rings. The number of carbonyl (C=O) groups excluding carboxylic acids is 1. The van der Waals surface area contributed by atoms with Gasteiger partial charge in [-0.05, 0) is 6.92 Å². The van der Waals surface area contributed by atoms with Crippen LogP contribution in [0.15, 0.2) is 0 Å². The average molecular weight is 207 g/mol. The Labute approximate surface area is 73.9 Å². The molecule has 0 bridgehead atoms. The van der Waals surface area contributed by atoms with Gasteiger partial charge in [-0.1, -0.05) is 0 Å². The fourth-order valence-corrected chi connectivity index (χ4v) is 0.487. The van der Waals surface area contributed by atoms with E-state index in [4.69, 9.17) is 5.73 Å². The van der Waals surface area contributed by atoms with Crippen LogP contribution in [-0.4, -0.2) is 18.2 Å². The number of halogens is 4. The molecule has 0 fully saturated rings. The van der Waals surface area contributed by atoms with Crippen molar-refractivity contribution in [2.45, 2.75) is 25.7 Å². The number of nitrogens with one attached hydrogen (secondary N) is 1. The maximum atomic E-state index is 11.5. The Morgan fingerprint density at radius 2 is 2.00 bits per heavy atom. The molecule has 3 N–H and O–H groups in total. The molecule has 0 aromatic heterocycles. The molecule has 0 aromatic carbocycles. The molecule has 0 aliphatic carbocycles. The van der Waals surface area contributed by atoms with Gasteiger partial charge in [0.05, 0.1) is 6.17 Å². The first kappa shape index (κ1) is 14.1. The highest BCUT2D eigenvalue weighted by Gasteiger charge is 2.31. The number of hydrogen-bond acceptors (Lipinski definition) is 2. The summed E-state index contributed by atoms with van der Waals surface area (Å²) in [5, 5.41) is 1.92. The van der Waals surface area contributed by atoms with Gasteiger partial charge < -0.3 is 11.1 Å². The number of carbonyl (C=O) groups is 1. The Bertz CT molecular complexity index is 148. The summed E-state index contributed by atoms with van der Waals surface area (Å²) in [5.74, 6) is -1.10. The summed E-state index contributed by atoms with van der Waals surface area (Å²) in [6, 6.07) is 0. The van der Waals surface area contributed by atoms with Gasteiger partial charge in [0.25, 0.3) is 0 Å². The van der Waals surface area contributed by atoms with Crippen LogP contribution in [0.1, 0.15) is 13.3 Å². The largest absolute Gasteiger partial charge is 0.397 e. The van der Waals surface area contributed by atoms with Gasteiger partial charge in [-0.15, -0.1) is 12.4 Å². The standard InChI is InChI=1S/C5H9F3N2O.ClH/c1-3(9)10-4(11)2-5(6,7)8;/h3H,2,9H2,1H3,(H,10,11);1H/t3-;/m0./s1. The molecule has 12 heavy (non-hydrogen) atoms. The molecule has 0 aromatic rings. The second kappa shape index (κ2) is 5.21. The predicted molar refractivity (Wildman–Crippen MR) is 39.7 cm³/mol. The molecule has 0 saturated carbocycles. The van der Waals surface area contributed by atoms with Gasteiger partial charge in [0, 0.05) is 0 Å². The highest BCUT2D eigenvalue weighted by Crippen LogP contribution is 2.18. The third-order valence-corrected chi connectivity index (χ3v) is 0.750. The second-order valence-corrected chi connectivity index (χ2v) is 2.15. The van der Waals surface area contributed by atoms with Crippen molar-refractivity contribution < 1.29 is 18.0 Å². The Balaban J connectivity index is 0. The Kier molecular flexibility index (Phi) is 6.10. The van der Waals surface area contributed by atoms with Crippen molar-refractivity contribution in [3.8, 4) is 0 Å².